The zero-order valence-corrected chi connectivity index (χ0v) is 12.7. The molecule has 0 aliphatic heterocycles. The van der Waals surface area contributed by atoms with Gasteiger partial charge in [0.2, 0.25) is 0 Å². The molecule has 1 rings (SSSR count). The Bertz CT molecular complexity index is 382. The molecule has 0 saturated heterocycles. The first-order valence-electron chi connectivity index (χ1n) is 5.85. The first kappa shape index (κ1) is 16.6. The Balaban J connectivity index is 2.54. The minimum atomic E-state index is -4.12. The van der Waals surface area contributed by atoms with Crippen LogP contribution in [-0.4, -0.2) is 24.3 Å². The van der Waals surface area contributed by atoms with Crippen molar-refractivity contribution in [2.75, 3.05) is 18.1 Å². The second-order valence-electron chi connectivity index (χ2n) is 3.97. The van der Waals surface area contributed by atoms with Crippen LogP contribution in [0.15, 0.2) is 24.3 Å². The average molecular weight is 388 g/mol. The van der Waals surface area contributed by atoms with Gasteiger partial charge in [0.05, 0.1) is 13.2 Å². The van der Waals surface area contributed by atoms with Crippen molar-refractivity contribution < 1.29 is 22.6 Å². The molecule has 0 heterocycles. The molecular formula is C13H16F3IO2. The number of hydrogen-bond donors (Lipinski definition) is 0. The zero-order chi connectivity index (χ0) is 14.3. The maximum Gasteiger partial charge on any atom is 0.389 e. The van der Waals surface area contributed by atoms with Gasteiger partial charge < -0.3 is 9.47 Å². The van der Waals surface area contributed by atoms with E-state index in [0.717, 1.165) is 5.56 Å². The molecule has 0 spiro atoms. The highest BCUT2D eigenvalue weighted by atomic mass is 127. The van der Waals surface area contributed by atoms with E-state index in [1.165, 1.54) is 0 Å². The van der Waals surface area contributed by atoms with Gasteiger partial charge in [0, 0.05) is 23.0 Å². The molecule has 0 radical (unpaired) electrons. The normalized spacial score (nSPS) is 13.3. The van der Waals surface area contributed by atoms with Crippen LogP contribution in [0.1, 0.15) is 24.5 Å². The van der Waals surface area contributed by atoms with Gasteiger partial charge in [-0.2, -0.15) is 13.2 Å². The van der Waals surface area contributed by atoms with Crippen molar-refractivity contribution in [3.63, 3.8) is 0 Å². The van der Waals surface area contributed by atoms with Gasteiger partial charge in [-0.15, -0.1) is 0 Å². The van der Waals surface area contributed by atoms with E-state index in [2.05, 4.69) is 22.6 Å². The number of ether oxygens (including phenoxy) is 2. The van der Waals surface area contributed by atoms with E-state index in [1.54, 1.807) is 7.11 Å². The van der Waals surface area contributed by atoms with Crippen LogP contribution in [0.4, 0.5) is 13.2 Å². The number of alkyl halides is 4. The zero-order valence-electron chi connectivity index (χ0n) is 10.5. The van der Waals surface area contributed by atoms with Gasteiger partial charge in [-0.1, -0.05) is 40.8 Å². The molecule has 1 atom stereocenters. The number of para-hydroxylation sites is 1. The Morgan fingerprint density at radius 2 is 1.95 bits per heavy atom. The summed E-state index contributed by atoms with van der Waals surface area (Å²) in [5, 5.41) is 0. The van der Waals surface area contributed by atoms with Gasteiger partial charge in [-0.25, -0.2) is 0 Å². The second-order valence-corrected chi connectivity index (χ2v) is 4.86. The molecule has 0 N–H and O–H groups in total. The van der Waals surface area contributed by atoms with Crippen LogP contribution in [0, 0.1) is 0 Å². The fraction of sp³-hybridized carbons (Fsp3) is 0.538. The van der Waals surface area contributed by atoms with Crippen molar-refractivity contribution in [2.45, 2.75) is 25.1 Å². The molecule has 0 bridgehead atoms. The molecule has 1 aromatic carbocycles. The lowest BCUT2D eigenvalue weighted by atomic mass is 10.1. The third-order valence-electron chi connectivity index (χ3n) is 2.55. The summed E-state index contributed by atoms with van der Waals surface area (Å²) in [6.45, 7) is 0.0885. The summed E-state index contributed by atoms with van der Waals surface area (Å²) in [5.41, 5.74) is 0.867. The fourth-order valence-corrected chi connectivity index (χ4v) is 2.38. The Morgan fingerprint density at radius 1 is 1.26 bits per heavy atom. The van der Waals surface area contributed by atoms with Crippen molar-refractivity contribution in [2.24, 2.45) is 0 Å². The van der Waals surface area contributed by atoms with Gasteiger partial charge in [0.25, 0.3) is 0 Å². The number of rotatable bonds is 7. The topological polar surface area (TPSA) is 18.5 Å². The maximum atomic E-state index is 12.0. The number of benzene rings is 1. The molecule has 0 amide bonds. The van der Waals surface area contributed by atoms with Crippen LogP contribution in [0.5, 0.6) is 5.75 Å². The Kier molecular flexibility index (Phi) is 6.92. The summed E-state index contributed by atoms with van der Waals surface area (Å²) in [6.07, 6.45) is -5.20. The molecule has 6 heteroatoms. The molecule has 1 unspecified atom stereocenters. The van der Waals surface area contributed by atoms with Crippen LogP contribution in [0.2, 0.25) is 0 Å². The van der Waals surface area contributed by atoms with Gasteiger partial charge in [-0.3, -0.25) is 0 Å². The molecule has 0 fully saturated rings. The average Bonchev–Trinajstić information content (AvgIpc) is 2.38. The number of methoxy groups -OCH3 is 1. The molecule has 0 aliphatic carbocycles. The summed E-state index contributed by atoms with van der Waals surface area (Å²) in [5.74, 6) is 0.694. The first-order valence-corrected chi connectivity index (χ1v) is 7.37. The van der Waals surface area contributed by atoms with Crippen molar-refractivity contribution in [1.82, 2.24) is 0 Å². The summed E-state index contributed by atoms with van der Waals surface area (Å²) >= 11 is 2.15. The summed E-state index contributed by atoms with van der Waals surface area (Å²) in [6, 6.07) is 7.38. The number of halogens is 4. The second kappa shape index (κ2) is 7.94. The molecule has 1 aromatic rings. The molecule has 2 nitrogen and oxygen atoms in total. The van der Waals surface area contributed by atoms with E-state index in [1.807, 2.05) is 24.3 Å². The Labute approximate surface area is 124 Å². The highest BCUT2D eigenvalue weighted by molar-refractivity contribution is 14.1. The Morgan fingerprint density at radius 3 is 2.53 bits per heavy atom. The Hall–Kier alpha value is -0.500. The summed E-state index contributed by atoms with van der Waals surface area (Å²) in [4.78, 5) is 0. The largest absolute Gasteiger partial charge is 0.496 e. The van der Waals surface area contributed by atoms with Gasteiger partial charge >= 0.3 is 6.18 Å². The molecule has 0 aliphatic rings. The molecular weight excluding hydrogens is 372 g/mol. The third kappa shape index (κ3) is 5.99. The molecule has 19 heavy (non-hydrogen) atoms. The van der Waals surface area contributed by atoms with Crippen molar-refractivity contribution in [3.8, 4) is 5.75 Å². The predicted octanol–water partition coefficient (Wildman–Crippen LogP) is 4.53. The monoisotopic (exact) mass is 388 g/mol. The minimum absolute atomic E-state index is 0.0220. The lowest BCUT2D eigenvalue weighted by Crippen LogP contribution is -2.12. The predicted molar refractivity (Wildman–Crippen MR) is 75.9 cm³/mol. The highest BCUT2D eigenvalue weighted by Gasteiger charge is 2.26. The maximum absolute atomic E-state index is 12.0. The standard InChI is InChI=1S/C13H16F3IO2/c1-18-11-6-3-2-5-10(11)12(9-17)19-8-4-7-13(14,15)16/h2-3,5-6,12H,4,7-9H2,1H3. The lowest BCUT2D eigenvalue weighted by Gasteiger charge is -2.18. The van der Waals surface area contributed by atoms with Crippen molar-refractivity contribution in [3.05, 3.63) is 29.8 Å². The van der Waals surface area contributed by atoms with E-state index in [9.17, 15) is 13.2 Å². The summed E-state index contributed by atoms with van der Waals surface area (Å²) in [7, 11) is 1.56. The van der Waals surface area contributed by atoms with Gasteiger partial charge in [0.1, 0.15) is 5.75 Å². The van der Waals surface area contributed by atoms with Crippen LogP contribution in [0.25, 0.3) is 0 Å². The van der Waals surface area contributed by atoms with Crippen LogP contribution in [-0.2, 0) is 4.74 Å². The van der Waals surface area contributed by atoms with Gasteiger partial charge in [0.15, 0.2) is 0 Å². The van der Waals surface area contributed by atoms with E-state index >= 15 is 0 Å². The lowest BCUT2D eigenvalue weighted by molar-refractivity contribution is -0.138. The van der Waals surface area contributed by atoms with Crippen LogP contribution < -0.4 is 4.74 Å². The van der Waals surface area contributed by atoms with E-state index in [0.29, 0.717) is 10.2 Å². The van der Waals surface area contributed by atoms with E-state index in [-0.39, 0.29) is 19.1 Å². The fourth-order valence-electron chi connectivity index (χ4n) is 1.65. The SMILES string of the molecule is COc1ccccc1C(CI)OCCCC(F)(F)F. The van der Waals surface area contributed by atoms with E-state index < -0.39 is 12.6 Å². The highest BCUT2D eigenvalue weighted by Crippen LogP contribution is 2.29. The van der Waals surface area contributed by atoms with Crippen molar-refractivity contribution in [1.29, 1.82) is 0 Å². The quantitative estimate of drug-likeness (QED) is 0.388. The van der Waals surface area contributed by atoms with E-state index in [4.69, 9.17) is 9.47 Å². The van der Waals surface area contributed by atoms with Crippen LogP contribution >= 0.6 is 22.6 Å². The smallest absolute Gasteiger partial charge is 0.389 e. The van der Waals surface area contributed by atoms with Gasteiger partial charge in [-0.05, 0) is 12.5 Å². The third-order valence-corrected chi connectivity index (χ3v) is 3.35. The molecule has 0 aromatic heterocycles. The molecule has 108 valence electrons. The number of hydrogen-bond acceptors (Lipinski definition) is 2. The first-order chi connectivity index (χ1) is 8.98. The van der Waals surface area contributed by atoms with Crippen LogP contribution in [0.3, 0.4) is 0 Å². The minimum Gasteiger partial charge on any atom is -0.496 e. The summed E-state index contributed by atoms with van der Waals surface area (Å²) < 4.78 is 47.5. The van der Waals surface area contributed by atoms with Crippen molar-refractivity contribution >= 4 is 22.6 Å². The molecule has 0 saturated carbocycles.